The Morgan fingerprint density at radius 2 is 2.43 bits per heavy atom. The maximum atomic E-state index is 10.2. The summed E-state index contributed by atoms with van der Waals surface area (Å²) >= 11 is 4.39. The molecule has 0 aromatic carbocycles. The van der Waals surface area contributed by atoms with Gasteiger partial charge >= 0.3 is 0 Å². The summed E-state index contributed by atoms with van der Waals surface area (Å²) in [7, 11) is 0. The third-order valence-electron chi connectivity index (χ3n) is 0.377. The normalized spacial score (nSPS) is 15.3. The van der Waals surface area contributed by atoms with Crippen LogP contribution in [0.25, 0.3) is 0 Å². The van der Waals surface area contributed by atoms with Crippen molar-refractivity contribution in [2.24, 2.45) is 0 Å². The Labute approximate surface area is 51.5 Å². The first kappa shape index (κ1) is 7.34. The SMILES string of the molecule is C[S+]([O-])/C=C/CCl. The van der Waals surface area contributed by atoms with Crippen LogP contribution in [0, 0.1) is 0 Å². The molecule has 0 aliphatic carbocycles. The summed E-state index contributed by atoms with van der Waals surface area (Å²) in [5, 5.41) is 1.56. The van der Waals surface area contributed by atoms with Crippen molar-refractivity contribution in [2.45, 2.75) is 0 Å². The molecule has 7 heavy (non-hydrogen) atoms. The lowest BCUT2D eigenvalue weighted by molar-refractivity contribution is 0.609. The summed E-state index contributed by atoms with van der Waals surface area (Å²) in [5.41, 5.74) is 0. The van der Waals surface area contributed by atoms with E-state index in [1.807, 2.05) is 0 Å². The van der Waals surface area contributed by atoms with Crippen LogP contribution in [0.5, 0.6) is 0 Å². The zero-order chi connectivity index (χ0) is 5.70. The molecule has 0 rings (SSSR count). The first-order chi connectivity index (χ1) is 3.27. The minimum absolute atomic E-state index is 0.444. The number of hydrogen-bond donors (Lipinski definition) is 0. The molecule has 0 aromatic rings. The second-order valence-corrected chi connectivity index (χ2v) is 2.60. The highest BCUT2D eigenvalue weighted by molar-refractivity contribution is 7.93. The number of rotatable bonds is 2. The largest absolute Gasteiger partial charge is 0.612 e. The second-order valence-electron chi connectivity index (χ2n) is 1.02. The average Bonchev–Trinajstić information content (AvgIpc) is 1.61. The van der Waals surface area contributed by atoms with E-state index in [9.17, 15) is 4.55 Å². The zero-order valence-corrected chi connectivity index (χ0v) is 5.63. The van der Waals surface area contributed by atoms with E-state index in [1.165, 1.54) is 0 Å². The van der Waals surface area contributed by atoms with Gasteiger partial charge in [0.15, 0.2) is 0 Å². The zero-order valence-electron chi connectivity index (χ0n) is 4.06. The molecule has 0 fully saturated rings. The van der Waals surface area contributed by atoms with Crippen LogP contribution >= 0.6 is 11.6 Å². The lowest BCUT2D eigenvalue weighted by atomic mass is 10.8. The van der Waals surface area contributed by atoms with Crippen molar-refractivity contribution >= 4 is 22.8 Å². The smallest absolute Gasteiger partial charge is 0.113 e. The third kappa shape index (κ3) is 6.34. The maximum absolute atomic E-state index is 10.2. The fourth-order valence-electron chi connectivity index (χ4n) is 0.172. The van der Waals surface area contributed by atoms with E-state index in [1.54, 1.807) is 17.7 Å². The Kier molecular flexibility index (Phi) is 4.72. The average molecular weight is 139 g/mol. The molecule has 1 unspecified atom stereocenters. The molecule has 3 heteroatoms. The van der Waals surface area contributed by atoms with Gasteiger partial charge in [-0.1, -0.05) is 0 Å². The van der Waals surface area contributed by atoms with Crippen LogP contribution in [0.1, 0.15) is 0 Å². The van der Waals surface area contributed by atoms with Gasteiger partial charge in [-0.3, -0.25) is 0 Å². The molecule has 1 atom stereocenters. The summed E-state index contributed by atoms with van der Waals surface area (Å²) in [6.07, 6.45) is 3.26. The molecule has 0 heterocycles. The molecule has 0 N–H and O–H groups in total. The van der Waals surface area contributed by atoms with Crippen molar-refractivity contribution in [2.75, 3.05) is 12.1 Å². The van der Waals surface area contributed by atoms with Crippen LogP contribution in [-0.2, 0) is 11.2 Å². The Morgan fingerprint density at radius 3 is 2.57 bits per heavy atom. The highest BCUT2D eigenvalue weighted by atomic mass is 35.5. The molecule has 0 aliphatic heterocycles. The maximum Gasteiger partial charge on any atom is 0.113 e. The predicted molar refractivity (Wildman–Crippen MR) is 33.9 cm³/mol. The number of hydrogen-bond acceptors (Lipinski definition) is 1. The number of allylic oxidation sites excluding steroid dienone is 1. The standard InChI is InChI=1S/C4H7ClOS/c1-7(6)4-2-3-5/h2,4H,3H2,1H3/b4-2+. The number of halogens is 1. The summed E-state index contributed by atoms with van der Waals surface area (Å²) in [6, 6.07) is 0. The fourth-order valence-corrected chi connectivity index (χ4v) is 0.734. The molecule has 0 bridgehead atoms. The highest BCUT2D eigenvalue weighted by Gasteiger charge is 1.81. The van der Waals surface area contributed by atoms with Crippen LogP contribution < -0.4 is 0 Å². The van der Waals surface area contributed by atoms with Gasteiger partial charge < -0.3 is 4.55 Å². The molecule has 0 radical (unpaired) electrons. The van der Waals surface area contributed by atoms with Gasteiger partial charge in [-0.05, 0) is 17.3 Å². The highest BCUT2D eigenvalue weighted by Crippen LogP contribution is 1.85. The third-order valence-corrected chi connectivity index (χ3v) is 1.13. The van der Waals surface area contributed by atoms with Gasteiger partial charge in [-0.25, -0.2) is 0 Å². The lowest BCUT2D eigenvalue weighted by Gasteiger charge is -1.91. The van der Waals surface area contributed by atoms with Crippen molar-refractivity contribution in [3.63, 3.8) is 0 Å². The summed E-state index contributed by atoms with van der Waals surface area (Å²) in [6.45, 7) is 0. The Morgan fingerprint density at radius 1 is 1.86 bits per heavy atom. The van der Waals surface area contributed by atoms with Gasteiger partial charge in [0, 0.05) is 5.88 Å². The molecule has 1 nitrogen and oxygen atoms in total. The molecule has 0 spiro atoms. The van der Waals surface area contributed by atoms with E-state index < -0.39 is 11.2 Å². The van der Waals surface area contributed by atoms with Crippen LogP contribution in [0.2, 0.25) is 0 Å². The van der Waals surface area contributed by atoms with Crippen molar-refractivity contribution in [3.05, 3.63) is 11.5 Å². The lowest BCUT2D eigenvalue weighted by Crippen LogP contribution is -1.87. The van der Waals surface area contributed by atoms with Crippen LogP contribution in [0.3, 0.4) is 0 Å². The van der Waals surface area contributed by atoms with E-state index in [0.29, 0.717) is 5.88 Å². The van der Waals surface area contributed by atoms with Crippen LogP contribution in [0.4, 0.5) is 0 Å². The minimum Gasteiger partial charge on any atom is -0.612 e. The van der Waals surface area contributed by atoms with Crippen molar-refractivity contribution in [1.29, 1.82) is 0 Å². The van der Waals surface area contributed by atoms with E-state index >= 15 is 0 Å². The topological polar surface area (TPSA) is 23.1 Å². The van der Waals surface area contributed by atoms with Crippen LogP contribution in [0.15, 0.2) is 11.5 Å². The Balaban J connectivity index is 3.08. The molecule has 0 aromatic heterocycles. The van der Waals surface area contributed by atoms with Crippen LogP contribution in [-0.4, -0.2) is 16.7 Å². The van der Waals surface area contributed by atoms with Gasteiger partial charge in [0.05, 0.1) is 6.26 Å². The first-order valence-electron chi connectivity index (χ1n) is 1.82. The van der Waals surface area contributed by atoms with Crippen molar-refractivity contribution in [3.8, 4) is 0 Å². The van der Waals surface area contributed by atoms with E-state index in [0.717, 1.165) is 0 Å². The molecule has 0 saturated heterocycles. The van der Waals surface area contributed by atoms with Gasteiger partial charge in [0.1, 0.15) is 5.41 Å². The second kappa shape index (κ2) is 4.50. The van der Waals surface area contributed by atoms with E-state index in [-0.39, 0.29) is 0 Å². The fraction of sp³-hybridized carbons (Fsp3) is 0.500. The molecule has 0 amide bonds. The number of alkyl halides is 1. The summed E-state index contributed by atoms with van der Waals surface area (Å²) in [5.74, 6) is 0.444. The van der Waals surface area contributed by atoms with Gasteiger partial charge in [0.2, 0.25) is 0 Å². The summed E-state index contributed by atoms with van der Waals surface area (Å²) < 4.78 is 10.2. The predicted octanol–water partition coefficient (Wildman–Crippen LogP) is 1.12. The summed E-state index contributed by atoms with van der Waals surface area (Å²) in [4.78, 5) is 0. The first-order valence-corrected chi connectivity index (χ1v) is 3.98. The molecular weight excluding hydrogens is 132 g/mol. The minimum atomic E-state index is -0.830. The van der Waals surface area contributed by atoms with Gasteiger partial charge in [-0.15, -0.1) is 11.6 Å². The van der Waals surface area contributed by atoms with Crippen molar-refractivity contribution in [1.82, 2.24) is 0 Å². The van der Waals surface area contributed by atoms with E-state index in [2.05, 4.69) is 0 Å². The Bertz CT molecular complexity index is 62.7. The molecular formula is C4H7ClOS. The molecule has 0 saturated carbocycles. The Hall–Kier alpha value is 0.340. The van der Waals surface area contributed by atoms with Gasteiger partial charge in [0.25, 0.3) is 0 Å². The quantitative estimate of drug-likeness (QED) is 0.414. The molecule has 0 aliphatic rings. The van der Waals surface area contributed by atoms with Gasteiger partial charge in [-0.2, -0.15) is 0 Å². The van der Waals surface area contributed by atoms with Crippen molar-refractivity contribution < 1.29 is 4.55 Å². The van der Waals surface area contributed by atoms with E-state index in [4.69, 9.17) is 11.6 Å². The monoisotopic (exact) mass is 138 g/mol. The molecule has 42 valence electrons.